The van der Waals surface area contributed by atoms with E-state index < -0.39 is 0 Å². The molecule has 1 N–H and O–H groups in total. The molecule has 2 rings (SSSR count). The van der Waals surface area contributed by atoms with Crippen molar-refractivity contribution in [3.8, 4) is 0 Å². The quantitative estimate of drug-likeness (QED) is 0.908. The third-order valence-corrected chi connectivity index (χ3v) is 3.72. The molecule has 0 atom stereocenters. The summed E-state index contributed by atoms with van der Waals surface area (Å²) in [5, 5.41) is 5.68. The molecule has 94 valence electrons. The summed E-state index contributed by atoms with van der Waals surface area (Å²) in [6.07, 6.45) is 0. The van der Waals surface area contributed by atoms with Crippen LogP contribution in [-0.2, 0) is 6.54 Å². The highest BCUT2D eigenvalue weighted by Crippen LogP contribution is 2.20. The summed E-state index contributed by atoms with van der Waals surface area (Å²) in [5.74, 6) is 0. The molecule has 0 aliphatic heterocycles. The van der Waals surface area contributed by atoms with Gasteiger partial charge in [0.15, 0.2) is 4.96 Å². The Morgan fingerprint density at radius 2 is 2.06 bits per heavy atom. The van der Waals surface area contributed by atoms with Gasteiger partial charge < -0.3 is 5.32 Å². The van der Waals surface area contributed by atoms with E-state index in [2.05, 4.69) is 54.7 Å². The normalized spacial score (nSPS) is 12.5. The van der Waals surface area contributed by atoms with Gasteiger partial charge in [-0.05, 0) is 19.3 Å². The third kappa shape index (κ3) is 2.69. The van der Waals surface area contributed by atoms with Crippen LogP contribution in [0.3, 0.4) is 0 Å². The Hall–Kier alpha value is -0.870. The van der Waals surface area contributed by atoms with Crippen LogP contribution in [0.1, 0.15) is 37.9 Å². The first kappa shape index (κ1) is 12.6. The summed E-state index contributed by atoms with van der Waals surface area (Å²) in [5.41, 5.74) is 4.03. The molecule has 0 aliphatic carbocycles. The molecule has 0 saturated carbocycles. The van der Waals surface area contributed by atoms with Crippen molar-refractivity contribution in [3.05, 3.63) is 22.5 Å². The molecule has 0 amide bonds. The monoisotopic (exact) mass is 251 g/mol. The zero-order valence-electron chi connectivity index (χ0n) is 11.3. The molecule has 2 heterocycles. The number of hydrogen-bond acceptors (Lipinski definition) is 3. The Morgan fingerprint density at radius 3 is 2.71 bits per heavy atom. The first-order valence-corrected chi connectivity index (χ1v) is 6.89. The Labute approximate surface area is 107 Å². The number of aromatic nitrogens is 2. The van der Waals surface area contributed by atoms with Crippen LogP contribution in [0.2, 0.25) is 0 Å². The van der Waals surface area contributed by atoms with E-state index in [9.17, 15) is 0 Å². The summed E-state index contributed by atoms with van der Waals surface area (Å²) in [4.78, 5) is 5.69. The van der Waals surface area contributed by atoms with E-state index in [0.29, 0.717) is 5.41 Å². The van der Waals surface area contributed by atoms with Gasteiger partial charge in [0, 0.05) is 24.2 Å². The average Bonchev–Trinajstić information content (AvgIpc) is 2.67. The minimum atomic E-state index is 0.321. The minimum absolute atomic E-state index is 0.321. The molecule has 0 bridgehead atoms. The minimum Gasteiger partial charge on any atom is -0.311 e. The second-order valence-electron chi connectivity index (χ2n) is 5.80. The molecule has 2 aromatic rings. The molecule has 4 heteroatoms. The van der Waals surface area contributed by atoms with Gasteiger partial charge in [0.25, 0.3) is 0 Å². The maximum absolute atomic E-state index is 4.59. The standard InChI is InChI=1S/C13H21N3S/c1-9-7-17-12-15-10(2)11(16(9)12)6-14-8-13(3,4)5/h7,14H,6,8H2,1-5H3. The second-order valence-corrected chi connectivity index (χ2v) is 6.64. The summed E-state index contributed by atoms with van der Waals surface area (Å²) < 4.78 is 2.26. The van der Waals surface area contributed by atoms with Crippen LogP contribution in [0.4, 0.5) is 0 Å². The summed E-state index contributed by atoms with van der Waals surface area (Å²) in [6.45, 7) is 12.9. The van der Waals surface area contributed by atoms with Crippen LogP contribution in [0.25, 0.3) is 4.96 Å². The van der Waals surface area contributed by atoms with E-state index in [0.717, 1.165) is 23.7 Å². The molecule has 3 nitrogen and oxygen atoms in total. The third-order valence-electron chi connectivity index (χ3n) is 2.78. The van der Waals surface area contributed by atoms with Gasteiger partial charge in [0.2, 0.25) is 0 Å². The molecule has 17 heavy (non-hydrogen) atoms. The van der Waals surface area contributed by atoms with Gasteiger partial charge in [0.05, 0.1) is 11.4 Å². The van der Waals surface area contributed by atoms with Crippen LogP contribution in [0, 0.1) is 19.3 Å². The van der Waals surface area contributed by atoms with Gasteiger partial charge in [-0.25, -0.2) is 4.98 Å². The van der Waals surface area contributed by atoms with Gasteiger partial charge in [-0.3, -0.25) is 4.40 Å². The SMILES string of the molecule is Cc1nc2scc(C)n2c1CNCC(C)(C)C. The topological polar surface area (TPSA) is 29.3 Å². The molecule has 2 aromatic heterocycles. The Bertz CT molecular complexity index is 516. The molecule has 0 radical (unpaired) electrons. The molecule has 0 saturated heterocycles. The van der Waals surface area contributed by atoms with Crippen molar-refractivity contribution in [1.29, 1.82) is 0 Å². The van der Waals surface area contributed by atoms with E-state index in [-0.39, 0.29) is 0 Å². The van der Waals surface area contributed by atoms with E-state index >= 15 is 0 Å². The van der Waals surface area contributed by atoms with Gasteiger partial charge in [0.1, 0.15) is 0 Å². The van der Waals surface area contributed by atoms with Crippen LogP contribution in [0.5, 0.6) is 0 Å². The maximum Gasteiger partial charge on any atom is 0.194 e. The number of rotatable bonds is 3. The van der Waals surface area contributed by atoms with Crippen LogP contribution in [0.15, 0.2) is 5.38 Å². The molecule has 0 aliphatic rings. The van der Waals surface area contributed by atoms with Crippen molar-refractivity contribution in [2.24, 2.45) is 5.41 Å². The van der Waals surface area contributed by atoms with E-state index in [1.54, 1.807) is 11.3 Å². The zero-order valence-corrected chi connectivity index (χ0v) is 12.1. The van der Waals surface area contributed by atoms with Gasteiger partial charge >= 0.3 is 0 Å². The van der Waals surface area contributed by atoms with E-state index in [1.807, 2.05) is 0 Å². The predicted molar refractivity (Wildman–Crippen MR) is 73.7 cm³/mol. The lowest BCUT2D eigenvalue weighted by Crippen LogP contribution is -2.27. The second kappa shape index (κ2) is 4.42. The Balaban J connectivity index is 2.17. The number of aryl methyl sites for hydroxylation is 2. The van der Waals surface area contributed by atoms with Crippen molar-refractivity contribution in [1.82, 2.24) is 14.7 Å². The van der Waals surface area contributed by atoms with Crippen molar-refractivity contribution in [3.63, 3.8) is 0 Å². The molecule has 0 spiro atoms. The smallest absolute Gasteiger partial charge is 0.194 e. The van der Waals surface area contributed by atoms with Crippen molar-refractivity contribution in [2.75, 3.05) is 6.54 Å². The van der Waals surface area contributed by atoms with E-state index in [1.165, 1.54) is 11.4 Å². The molecule has 0 fully saturated rings. The lowest BCUT2D eigenvalue weighted by Gasteiger charge is -2.18. The average molecular weight is 251 g/mol. The largest absolute Gasteiger partial charge is 0.311 e. The molecular formula is C13H21N3S. The fourth-order valence-electron chi connectivity index (χ4n) is 1.93. The summed E-state index contributed by atoms with van der Waals surface area (Å²) in [7, 11) is 0. The first-order chi connectivity index (χ1) is 7.88. The molecular weight excluding hydrogens is 230 g/mol. The van der Waals surface area contributed by atoms with Gasteiger partial charge in [-0.1, -0.05) is 20.8 Å². The fourth-order valence-corrected chi connectivity index (χ4v) is 2.86. The van der Waals surface area contributed by atoms with Crippen LogP contribution < -0.4 is 5.32 Å². The van der Waals surface area contributed by atoms with Crippen molar-refractivity contribution >= 4 is 16.3 Å². The zero-order chi connectivity index (χ0) is 12.6. The van der Waals surface area contributed by atoms with Gasteiger partial charge in [-0.2, -0.15) is 0 Å². The molecule has 0 aromatic carbocycles. The lowest BCUT2D eigenvalue weighted by atomic mass is 9.97. The van der Waals surface area contributed by atoms with Gasteiger partial charge in [-0.15, -0.1) is 11.3 Å². The van der Waals surface area contributed by atoms with Crippen LogP contribution >= 0.6 is 11.3 Å². The highest BCUT2D eigenvalue weighted by Gasteiger charge is 2.13. The number of hydrogen-bond donors (Lipinski definition) is 1. The Morgan fingerprint density at radius 1 is 1.35 bits per heavy atom. The van der Waals surface area contributed by atoms with Crippen molar-refractivity contribution < 1.29 is 0 Å². The number of nitrogens with zero attached hydrogens (tertiary/aromatic N) is 2. The fraction of sp³-hybridized carbons (Fsp3) is 0.615. The summed E-state index contributed by atoms with van der Waals surface area (Å²) >= 11 is 1.71. The summed E-state index contributed by atoms with van der Waals surface area (Å²) in [6, 6.07) is 0. The maximum atomic E-state index is 4.59. The number of imidazole rings is 1. The number of thiazole rings is 1. The highest BCUT2D eigenvalue weighted by atomic mass is 32.1. The van der Waals surface area contributed by atoms with Crippen molar-refractivity contribution in [2.45, 2.75) is 41.2 Å². The van der Waals surface area contributed by atoms with E-state index in [4.69, 9.17) is 0 Å². The van der Waals surface area contributed by atoms with Crippen LogP contribution in [-0.4, -0.2) is 15.9 Å². The number of fused-ring (bicyclic) bond motifs is 1. The predicted octanol–water partition coefficient (Wildman–Crippen LogP) is 3.15. The molecule has 0 unspecified atom stereocenters. The lowest BCUT2D eigenvalue weighted by molar-refractivity contribution is 0.378. The number of nitrogens with one attached hydrogen (secondary N) is 1. The Kier molecular flexibility index (Phi) is 3.27. The first-order valence-electron chi connectivity index (χ1n) is 6.01. The highest BCUT2D eigenvalue weighted by molar-refractivity contribution is 7.15.